The fourth-order valence-corrected chi connectivity index (χ4v) is 5.74. The van der Waals surface area contributed by atoms with Crippen LogP contribution >= 0.6 is 0 Å². The second-order valence-corrected chi connectivity index (χ2v) is 9.29. The monoisotopic (exact) mass is 438 g/mol. The molecule has 2 nitrogen and oxygen atoms in total. The molecule has 0 atom stereocenters. The summed E-state index contributed by atoms with van der Waals surface area (Å²) < 4.78 is 2.41. The highest BCUT2D eigenvalue weighted by Gasteiger charge is 2.14. The highest BCUT2D eigenvalue weighted by Crippen LogP contribution is 2.35. The van der Waals surface area contributed by atoms with Crippen LogP contribution in [0.1, 0.15) is 24.6 Å². The van der Waals surface area contributed by atoms with Gasteiger partial charge in [0.2, 0.25) is 0 Å². The molecule has 0 saturated carbocycles. The first-order chi connectivity index (χ1) is 16.8. The van der Waals surface area contributed by atoms with Crippen LogP contribution in [0.5, 0.6) is 0 Å². The zero-order valence-electron chi connectivity index (χ0n) is 19.3. The van der Waals surface area contributed by atoms with Crippen LogP contribution in [0.2, 0.25) is 0 Å². The number of benzene rings is 4. The van der Waals surface area contributed by atoms with Crippen molar-refractivity contribution in [1.29, 1.82) is 0 Å². The summed E-state index contributed by atoms with van der Waals surface area (Å²) >= 11 is 0. The largest absolute Gasteiger partial charge is 0.355 e. The van der Waals surface area contributed by atoms with Crippen LogP contribution in [0.4, 0.5) is 0 Å². The van der Waals surface area contributed by atoms with E-state index < -0.39 is 0 Å². The van der Waals surface area contributed by atoms with Crippen LogP contribution in [0.15, 0.2) is 91.0 Å². The highest BCUT2D eigenvalue weighted by atomic mass is 15.0. The van der Waals surface area contributed by atoms with Gasteiger partial charge in [-0.25, -0.2) is 0 Å². The lowest BCUT2D eigenvalue weighted by molar-refractivity contribution is 0.827. The predicted octanol–water partition coefficient (Wildman–Crippen LogP) is 8.59. The summed E-state index contributed by atoms with van der Waals surface area (Å²) in [6.07, 6.45) is 6.72. The second kappa shape index (κ2) is 7.50. The minimum Gasteiger partial charge on any atom is -0.355 e. The number of H-pyrrole nitrogens is 1. The minimum atomic E-state index is 0.972. The number of hydrogen-bond acceptors (Lipinski definition) is 0. The average Bonchev–Trinajstić information content (AvgIpc) is 3.43. The Morgan fingerprint density at radius 2 is 1.44 bits per heavy atom. The Morgan fingerprint density at radius 1 is 0.706 bits per heavy atom. The Labute approximate surface area is 199 Å². The molecule has 1 aliphatic rings. The van der Waals surface area contributed by atoms with Crippen molar-refractivity contribution in [2.75, 3.05) is 0 Å². The van der Waals surface area contributed by atoms with Gasteiger partial charge in [-0.05, 0) is 90.1 Å². The molecule has 0 radical (unpaired) electrons. The van der Waals surface area contributed by atoms with Gasteiger partial charge in [-0.1, -0.05) is 54.6 Å². The van der Waals surface area contributed by atoms with E-state index >= 15 is 0 Å². The molecule has 0 aliphatic heterocycles. The highest BCUT2D eigenvalue weighted by molar-refractivity contribution is 6.09. The molecule has 2 heteroatoms. The number of nitrogens with one attached hydrogen (secondary N) is 1. The smallest absolute Gasteiger partial charge is 0.0491 e. The van der Waals surface area contributed by atoms with Gasteiger partial charge < -0.3 is 9.55 Å². The van der Waals surface area contributed by atoms with Crippen molar-refractivity contribution < 1.29 is 0 Å². The maximum Gasteiger partial charge on any atom is 0.0491 e. The SMILES string of the molecule is CCn1c2ccccc2c2cc(-c3cccc(-c4ccc5[nH]c6c(c5c4)CCC=C6)c3)ccc21. The molecule has 6 aromatic rings. The molecule has 1 aliphatic carbocycles. The second-order valence-electron chi connectivity index (χ2n) is 9.29. The first-order valence-corrected chi connectivity index (χ1v) is 12.2. The third-order valence-corrected chi connectivity index (χ3v) is 7.40. The van der Waals surface area contributed by atoms with Crippen LogP contribution in [0.3, 0.4) is 0 Å². The van der Waals surface area contributed by atoms with Crippen LogP contribution in [-0.4, -0.2) is 9.55 Å². The standard InChI is InChI=1S/C32H26N2/c1-2-34-31-13-6-4-11-26(31)28-20-24(15-17-32(28)34)22-9-7-8-21(18-22)23-14-16-30-27(19-23)25-10-3-5-12-29(25)33-30/h4-9,11-20,33H,2-3,10H2,1H3. The summed E-state index contributed by atoms with van der Waals surface area (Å²) in [5, 5.41) is 4.01. The molecule has 2 heterocycles. The molecule has 7 rings (SSSR count). The lowest BCUT2D eigenvalue weighted by Crippen LogP contribution is -1.92. The summed E-state index contributed by atoms with van der Waals surface area (Å²) in [6.45, 7) is 3.19. The van der Waals surface area contributed by atoms with E-state index in [1.54, 1.807) is 0 Å². The first kappa shape index (κ1) is 19.4. The molecule has 0 fully saturated rings. The number of aromatic nitrogens is 2. The van der Waals surface area contributed by atoms with Gasteiger partial charge in [0.25, 0.3) is 0 Å². The Hall–Kier alpha value is -4.04. The fourth-order valence-electron chi connectivity index (χ4n) is 5.74. The van der Waals surface area contributed by atoms with Crippen molar-refractivity contribution in [2.45, 2.75) is 26.3 Å². The van der Waals surface area contributed by atoms with Gasteiger partial charge in [-0.15, -0.1) is 0 Å². The number of rotatable bonds is 3. The fraction of sp³-hybridized carbons (Fsp3) is 0.125. The molecular weight excluding hydrogens is 412 g/mol. The van der Waals surface area contributed by atoms with E-state index in [0.29, 0.717) is 0 Å². The third kappa shape index (κ3) is 2.88. The number of fused-ring (bicyclic) bond motifs is 6. The number of aryl methyl sites for hydroxylation is 2. The van der Waals surface area contributed by atoms with Crippen molar-refractivity contribution in [3.8, 4) is 22.3 Å². The average molecular weight is 439 g/mol. The minimum absolute atomic E-state index is 0.972. The maximum atomic E-state index is 3.58. The number of nitrogens with zero attached hydrogens (tertiary/aromatic N) is 1. The molecule has 1 N–H and O–H groups in total. The van der Waals surface area contributed by atoms with E-state index in [4.69, 9.17) is 0 Å². The molecule has 2 aromatic heterocycles. The zero-order chi connectivity index (χ0) is 22.6. The molecule has 0 bridgehead atoms. The molecule has 0 amide bonds. The van der Waals surface area contributed by atoms with E-state index in [-0.39, 0.29) is 0 Å². The Kier molecular flexibility index (Phi) is 4.28. The Balaban J connectivity index is 1.35. The predicted molar refractivity (Wildman–Crippen MR) is 145 cm³/mol. The zero-order valence-corrected chi connectivity index (χ0v) is 19.3. The van der Waals surface area contributed by atoms with E-state index in [1.165, 1.54) is 66.2 Å². The number of para-hydroxylation sites is 1. The maximum absolute atomic E-state index is 3.58. The molecule has 34 heavy (non-hydrogen) atoms. The Bertz CT molecular complexity index is 1740. The summed E-state index contributed by atoms with van der Waals surface area (Å²) in [5.74, 6) is 0. The van der Waals surface area contributed by atoms with Crippen molar-refractivity contribution in [3.63, 3.8) is 0 Å². The lowest BCUT2D eigenvalue weighted by atomic mass is 9.95. The van der Waals surface area contributed by atoms with Crippen LogP contribution < -0.4 is 0 Å². The molecular formula is C32H26N2. The van der Waals surface area contributed by atoms with Crippen LogP contribution in [0, 0.1) is 0 Å². The number of hydrogen-bond donors (Lipinski definition) is 1. The summed E-state index contributed by atoms with van der Waals surface area (Å²) in [4.78, 5) is 3.58. The molecule has 0 saturated heterocycles. The van der Waals surface area contributed by atoms with Gasteiger partial charge in [-0.2, -0.15) is 0 Å². The molecule has 4 aromatic carbocycles. The normalized spacial score (nSPS) is 13.2. The molecule has 164 valence electrons. The van der Waals surface area contributed by atoms with Crippen molar-refractivity contribution >= 4 is 38.8 Å². The summed E-state index contributed by atoms with van der Waals surface area (Å²) in [5.41, 5.74) is 11.6. The van der Waals surface area contributed by atoms with E-state index in [0.717, 1.165) is 19.4 Å². The first-order valence-electron chi connectivity index (χ1n) is 12.2. The lowest BCUT2D eigenvalue weighted by Gasteiger charge is -2.09. The third-order valence-electron chi connectivity index (χ3n) is 7.40. The van der Waals surface area contributed by atoms with Crippen LogP contribution in [-0.2, 0) is 13.0 Å². The quantitative estimate of drug-likeness (QED) is 0.286. The van der Waals surface area contributed by atoms with Gasteiger partial charge in [0, 0.05) is 44.9 Å². The number of aromatic amines is 1. The van der Waals surface area contributed by atoms with Gasteiger partial charge in [0.1, 0.15) is 0 Å². The van der Waals surface area contributed by atoms with Gasteiger partial charge >= 0.3 is 0 Å². The van der Waals surface area contributed by atoms with E-state index in [1.807, 2.05) is 0 Å². The van der Waals surface area contributed by atoms with E-state index in [9.17, 15) is 0 Å². The van der Waals surface area contributed by atoms with Gasteiger partial charge in [0.05, 0.1) is 0 Å². The summed E-state index contributed by atoms with van der Waals surface area (Å²) in [6, 6.07) is 31.5. The van der Waals surface area contributed by atoms with Gasteiger partial charge in [-0.3, -0.25) is 0 Å². The van der Waals surface area contributed by atoms with E-state index in [2.05, 4.69) is 114 Å². The number of allylic oxidation sites excluding steroid dienone is 1. The van der Waals surface area contributed by atoms with Crippen molar-refractivity contribution in [1.82, 2.24) is 9.55 Å². The molecule has 0 unspecified atom stereocenters. The van der Waals surface area contributed by atoms with Crippen LogP contribution in [0.25, 0.3) is 61.0 Å². The van der Waals surface area contributed by atoms with Crippen molar-refractivity contribution in [3.05, 3.63) is 102 Å². The molecule has 0 spiro atoms. The van der Waals surface area contributed by atoms with Gasteiger partial charge in [0.15, 0.2) is 0 Å². The topological polar surface area (TPSA) is 20.7 Å². The summed E-state index contributed by atoms with van der Waals surface area (Å²) in [7, 11) is 0. The van der Waals surface area contributed by atoms with Crippen molar-refractivity contribution in [2.24, 2.45) is 0 Å². The Morgan fingerprint density at radius 3 is 2.29 bits per heavy atom.